The first-order valence-corrected chi connectivity index (χ1v) is 11.2. The van der Waals surface area contributed by atoms with E-state index in [1.165, 1.54) is 17.5 Å². The minimum atomic E-state index is -0.285. The molecular weight excluding hydrogens is 443 g/mol. The highest BCUT2D eigenvalue weighted by Gasteiger charge is 2.17. The van der Waals surface area contributed by atoms with Gasteiger partial charge in [0.05, 0.1) is 16.3 Å². The smallest absolute Gasteiger partial charge is 0.271 e. The van der Waals surface area contributed by atoms with Crippen LogP contribution >= 0.6 is 23.2 Å². The number of hydrazone groups is 1. The van der Waals surface area contributed by atoms with Gasteiger partial charge in [-0.2, -0.15) is 5.10 Å². The van der Waals surface area contributed by atoms with Gasteiger partial charge in [-0.05, 0) is 42.0 Å². The van der Waals surface area contributed by atoms with Gasteiger partial charge in [0.15, 0.2) is 0 Å². The third kappa shape index (κ3) is 5.68. The lowest BCUT2D eigenvalue weighted by Crippen LogP contribution is -2.45. The van der Waals surface area contributed by atoms with E-state index in [2.05, 4.69) is 44.6 Å². The molecule has 1 aliphatic heterocycles. The van der Waals surface area contributed by atoms with Crippen molar-refractivity contribution in [2.24, 2.45) is 5.10 Å². The summed E-state index contributed by atoms with van der Waals surface area (Å²) in [5, 5.41) is 4.93. The number of anilines is 1. The molecule has 164 valence electrons. The number of halogens is 2. The normalized spacial score (nSPS) is 14.6. The molecule has 1 saturated heterocycles. The summed E-state index contributed by atoms with van der Waals surface area (Å²) < 4.78 is 0. The lowest BCUT2D eigenvalue weighted by atomic mass is 10.1. The number of carbonyl (C=O) groups is 1. The molecule has 0 bridgehead atoms. The van der Waals surface area contributed by atoms with Gasteiger partial charge in [-0.25, -0.2) is 5.43 Å². The zero-order valence-electron chi connectivity index (χ0n) is 17.5. The van der Waals surface area contributed by atoms with Crippen LogP contribution in [0.4, 0.5) is 5.69 Å². The minimum Gasteiger partial charge on any atom is -0.369 e. The molecule has 32 heavy (non-hydrogen) atoms. The van der Waals surface area contributed by atoms with Crippen molar-refractivity contribution >= 4 is 41.0 Å². The lowest BCUT2D eigenvalue weighted by Gasteiger charge is -2.36. The molecule has 1 amide bonds. The number of hydrogen-bond donors (Lipinski definition) is 1. The van der Waals surface area contributed by atoms with E-state index >= 15 is 0 Å². The molecule has 1 aliphatic rings. The van der Waals surface area contributed by atoms with Crippen molar-refractivity contribution in [1.29, 1.82) is 0 Å². The van der Waals surface area contributed by atoms with Gasteiger partial charge in [0.25, 0.3) is 5.91 Å². The summed E-state index contributed by atoms with van der Waals surface area (Å²) in [6, 6.07) is 23.3. The Morgan fingerprint density at radius 3 is 2.19 bits per heavy atom. The fourth-order valence-corrected chi connectivity index (χ4v) is 4.17. The Hall–Kier alpha value is -2.86. The van der Waals surface area contributed by atoms with E-state index < -0.39 is 0 Å². The Bertz CT molecular complexity index is 1060. The maximum atomic E-state index is 12.4. The van der Waals surface area contributed by atoms with Crippen molar-refractivity contribution in [3.8, 4) is 0 Å². The first-order valence-electron chi connectivity index (χ1n) is 10.5. The number of benzene rings is 3. The molecule has 0 spiro atoms. The molecule has 0 aromatic heterocycles. The van der Waals surface area contributed by atoms with Crippen LogP contribution in [-0.4, -0.2) is 43.2 Å². The number of nitrogens with zero attached hydrogens (tertiary/aromatic N) is 3. The quantitative estimate of drug-likeness (QED) is 0.406. The number of amides is 1. The Morgan fingerprint density at radius 2 is 1.53 bits per heavy atom. The SMILES string of the molecule is O=C(NN=Cc1c(Cl)cccc1Cl)c1ccc(CN2CCN(c3ccccc3)CC2)cc1. The van der Waals surface area contributed by atoms with Crippen molar-refractivity contribution in [2.45, 2.75) is 6.54 Å². The zero-order valence-corrected chi connectivity index (χ0v) is 19.1. The number of para-hydroxylation sites is 1. The topological polar surface area (TPSA) is 47.9 Å². The number of nitrogens with one attached hydrogen (secondary N) is 1. The fraction of sp³-hybridized carbons (Fsp3) is 0.200. The number of hydrogen-bond acceptors (Lipinski definition) is 4. The maximum absolute atomic E-state index is 12.4. The van der Waals surface area contributed by atoms with Crippen LogP contribution in [0, 0.1) is 0 Å². The molecule has 0 aliphatic carbocycles. The Morgan fingerprint density at radius 1 is 0.875 bits per heavy atom. The highest BCUT2D eigenvalue weighted by atomic mass is 35.5. The van der Waals surface area contributed by atoms with Crippen LogP contribution in [0.15, 0.2) is 77.9 Å². The number of carbonyl (C=O) groups excluding carboxylic acids is 1. The monoisotopic (exact) mass is 466 g/mol. The van der Waals surface area contributed by atoms with Crippen molar-refractivity contribution in [3.05, 3.63) is 99.5 Å². The molecule has 3 aromatic rings. The first-order chi connectivity index (χ1) is 15.6. The zero-order chi connectivity index (χ0) is 22.3. The molecule has 0 radical (unpaired) electrons. The van der Waals surface area contributed by atoms with Crippen molar-refractivity contribution < 1.29 is 4.79 Å². The van der Waals surface area contributed by atoms with Crippen molar-refractivity contribution in [2.75, 3.05) is 31.1 Å². The molecule has 4 rings (SSSR count). The summed E-state index contributed by atoms with van der Waals surface area (Å²) in [5.74, 6) is -0.285. The van der Waals surface area contributed by atoms with Gasteiger partial charge in [-0.15, -0.1) is 0 Å². The third-order valence-corrected chi connectivity index (χ3v) is 6.13. The van der Waals surface area contributed by atoms with Crippen molar-refractivity contribution in [3.63, 3.8) is 0 Å². The van der Waals surface area contributed by atoms with Gasteiger partial charge in [0, 0.05) is 49.5 Å². The molecule has 1 N–H and O–H groups in total. The summed E-state index contributed by atoms with van der Waals surface area (Å²) in [6.07, 6.45) is 1.45. The standard InChI is InChI=1S/C25H24Cl2N4O/c26-23-7-4-8-24(27)22(23)17-28-29-25(32)20-11-9-19(10-12-20)18-30-13-15-31(16-14-30)21-5-2-1-3-6-21/h1-12,17H,13-16,18H2,(H,29,32). The summed E-state index contributed by atoms with van der Waals surface area (Å²) in [7, 11) is 0. The Balaban J connectivity index is 1.28. The molecule has 1 fully saturated rings. The van der Waals surface area contributed by atoms with E-state index in [0.717, 1.165) is 32.7 Å². The second-order valence-corrected chi connectivity index (χ2v) is 8.44. The highest BCUT2D eigenvalue weighted by Crippen LogP contribution is 2.22. The van der Waals surface area contributed by atoms with E-state index in [-0.39, 0.29) is 5.91 Å². The predicted molar refractivity (Wildman–Crippen MR) is 132 cm³/mol. The summed E-state index contributed by atoms with van der Waals surface area (Å²) in [4.78, 5) is 17.2. The summed E-state index contributed by atoms with van der Waals surface area (Å²) in [5.41, 5.74) is 6.10. The van der Waals surface area contributed by atoms with Gasteiger partial charge in [0.1, 0.15) is 0 Å². The molecule has 0 saturated carbocycles. The van der Waals surface area contributed by atoms with Crippen LogP contribution < -0.4 is 10.3 Å². The van der Waals surface area contributed by atoms with E-state index in [4.69, 9.17) is 23.2 Å². The molecule has 0 unspecified atom stereocenters. The number of piperazine rings is 1. The second kappa shape index (κ2) is 10.6. The lowest BCUT2D eigenvalue weighted by molar-refractivity contribution is 0.0955. The molecule has 7 heteroatoms. The first kappa shape index (κ1) is 22.3. The van der Waals surface area contributed by atoms with E-state index in [1.54, 1.807) is 18.2 Å². The maximum Gasteiger partial charge on any atom is 0.271 e. The largest absolute Gasteiger partial charge is 0.369 e. The summed E-state index contributed by atoms with van der Waals surface area (Å²) in [6.45, 7) is 4.91. The Kier molecular flexibility index (Phi) is 7.43. The number of rotatable bonds is 6. The average molecular weight is 467 g/mol. The van der Waals surface area contributed by atoms with Gasteiger partial charge >= 0.3 is 0 Å². The highest BCUT2D eigenvalue weighted by molar-refractivity contribution is 6.38. The fourth-order valence-electron chi connectivity index (χ4n) is 3.68. The van der Waals surface area contributed by atoms with Crippen LogP contribution in [-0.2, 0) is 6.54 Å². The molecule has 3 aromatic carbocycles. The van der Waals surface area contributed by atoms with E-state index in [1.807, 2.05) is 30.3 Å². The Labute approximate surface area is 198 Å². The van der Waals surface area contributed by atoms with Crippen LogP contribution in [0.5, 0.6) is 0 Å². The van der Waals surface area contributed by atoms with Gasteiger partial charge < -0.3 is 4.90 Å². The van der Waals surface area contributed by atoms with E-state index in [0.29, 0.717) is 21.2 Å². The van der Waals surface area contributed by atoms with Crippen LogP contribution in [0.3, 0.4) is 0 Å². The second-order valence-electron chi connectivity index (χ2n) is 7.63. The van der Waals surface area contributed by atoms with Gasteiger partial charge in [-0.1, -0.05) is 59.6 Å². The molecule has 1 heterocycles. The predicted octanol–water partition coefficient (Wildman–Crippen LogP) is 5.08. The summed E-state index contributed by atoms with van der Waals surface area (Å²) >= 11 is 12.2. The van der Waals surface area contributed by atoms with Gasteiger partial charge in [-0.3, -0.25) is 9.69 Å². The third-order valence-electron chi connectivity index (χ3n) is 5.48. The molecule has 0 atom stereocenters. The van der Waals surface area contributed by atoms with Crippen LogP contribution in [0.2, 0.25) is 10.0 Å². The van der Waals surface area contributed by atoms with Crippen LogP contribution in [0.1, 0.15) is 21.5 Å². The molecule has 5 nitrogen and oxygen atoms in total. The van der Waals surface area contributed by atoms with Gasteiger partial charge in [0.2, 0.25) is 0 Å². The molecular formula is C25H24Cl2N4O. The average Bonchev–Trinajstić information content (AvgIpc) is 2.82. The van der Waals surface area contributed by atoms with Crippen LogP contribution in [0.25, 0.3) is 0 Å². The van der Waals surface area contributed by atoms with E-state index in [9.17, 15) is 4.79 Å². The minimum absolute atomic E-state index is 0.285. The van der Waals surface area contributed by atoms with Crippen molar-refractivity contribution in [1.82, 2.24) is 10.3 Å².